The van der Waals surface area contributed by atoms with Crippen LogP contribution in [-0.2, 0) is 9.53 Å². The highest BCUT2D eigenvalue weighted by Crippen LogP contribution is 2.31. The third-order valence-corrected chi connectivity index (χ3v) is 7.55. The number of halogens is 1. The summed E-state index contributed by atoms with van der Waals surface area (Å²) in [6, 6.07) is 15.8. The quantitative estimate of drug-likeness (QED) is 0.472. The van der Waals surface area contributed by atoms with Crippen LogP contribution in [0.25, 0.3) is 11.0 Å². The summed E-state index contributed by atoms with van der Waals surface area (Å²) >= 11 is 7.63. The number of carbonyl (C=O) groups excluding carboxylic acids is 1. The van der Waals surface area contributed by atoms with E-state index in [1.165, 1.54) is 11.8 Å². The van der Waals surface area contributed by atoms with Crippen LogP contribution in [0.4, 0.5) is 11.5 Å². The molecule has 3 aromatic rings. The van der Waals surface area contributed by atoms with Crippen molar-refractivity contribution in [2.45, 2.75) is 31.1 Å². The summed E-state index contributed by atoms with van der Waals surface area (Å²) in [6.45, 7) is 8.64. The summed E-state index contributed by atoms with van der Waals surface area (Å²) in [7, 11) is 0. The number of hydrogen-bond donors (Lipinski definition) is 0. The maximum atomic E-state index is 13.1. The Hall–Kier alpha value is -2.55. The monoisotopic (exact) mass is 511 g/mol. The van der Waals surface area contributed by atoms with Crippen LogP contribution in [0.2, 0.25) is 5.02 Å². The van der Waals surface area contributed by atoms with Gasteiger partial charge in [-0.3, -0.25) is 4.79 Å². The van der Waals surface area contributed by atoms with E-state index in [4.69, 9.17) is 26.3 Å². The van der Waals surface area contributed by atoms with Gasteiger partial charge in [-0.25, -0.2) is 9.97 Å². The summed E-state index contributed by atoms with van der Waals surface area (Å²) in [5.74, 6) is 1.31. The van der Waals surface area contributed by atoms with Gasteiger partial charge >= 0.3 is 0 Å². The maximum Gasteiger partial charge on any atom is 0.233 e. The average Bonchev–Trinajstić information content (AvgIpc) is 2.86. The second-order valence-corrected chi connectivity index (χ2v) is 10.5. The molecule has 2 aliphatic heterocycles. The lowest BCUT2D eigenvalue weighted by Crippen LogP contribution is -2.49. The summed E-state index contributed by atoms with van der Waals surface area (Å²) in [6.07, 6.45) is 0.226. The lowest BCUT2D eigenvalue weighted by Gasteiger charge is -2.37. The van der Waals surface area contributed by atoms with Crippen molar-refractivity contribution in [2.24, 2.45) is 0 Å². The van der Waals surface area contributed by atoms with E-state index in [0.29, 0.717) is 18.8 Å². The molecular weight excluding hydrogens is 482 g/mol. The first-order chi connectivity index (χ1) is 17.0. The number of aromatic nitrogens is 2. The highest BCUT2D eigenvalue weighted by atomic mass is 35.5. The largest absolute Gasteiger partial charge is 0.372 e. The Bertz CT molecular complexity index is 1190. The molecule has 5 rings (SSSR count). The summed E-state index contributed by atoms with van der Waals surface area (Å²) < 4.78 is 5.92. The molecule has 2 atom stereocenters. The first-order valence-corrected chi connectivity index (χ1v) is 13.4. The molecule has 1 amide bonds. The molecule has 0 N–H and O–H groups in total. The zero-order chi connectivity index (χ0) is 24.4. The van der Waals surface area contributed by atoms with E-state index in [9.17, 15) is 4.79 Å². The van der Waals surface area contributed by atoms with Gasteiger partial charge in [0.1, 0.15) is 5.03 Å². The van der Waals surface area contributed by atoms with Crippen molar-refractivity contribution in [3.63, 3.8) is 0 Å². The van der Waals surface area contributed by atoms with Gasteiger partial charge in [-0.2, -0.15) is 0 Å². The van der Waals surface area contributed by atoms with Gasteiger partial charge < -0.3 is 19.4 Å². The van der Waals surface area contributed by atoms with Gasteiger partial charge in [0, 0.05) is 50.0 Å². The Kier molecular flexibility index (Phi) is 7.32. The van der Waals surface area contributed by atoms with Crippen molar-refractivity contribution in [3.05, 3.63) is 53.6 Å². The van der Waals surface area contributed by atoms with Gasteiger partial charge in [0.05, 0.1) is 29.0 Å². The van der Waals surface area contributed by atoms with Crippen LogP contribution in [0.3, 0.4) is 0 Å². The van der Waals surface area contributed by atoms with Crippen LogP contribution in [0.15, 0.2) is 53.6 Å². The van der Waals surface area contributed by atoms with Crippen LogP contribution in [-0.4, -0.2) is 78.0 Å². The summed E-state index contributed by atoms with van der Waals surface area (Å²) in [5, 5.41) is 1.53. The number of nitrogens with zero attached hydrogens (tertiary/aromatic N) is 5. The third kappa shape index (κ3) is 5.66. The van der Waals surface area contributed by atoms with E-state index in [2.05, 4.69) is 29.7 Å². The first kappa shape index (κ1) is 24.2. The van der Waals surface area contributed by atoms with E-state index >= 15 is 0 Å². The predicted molar refractivity (Wildman–Crippen MR) is 143 cm³/mol. The van der Waals surface area contributed by atoms with Crippen molar-refractivity contribution >= 4 is 51.8 Å². The van der Waals surface area contributed by atoms with Gasteiger partial charge in [-0.1, -0.05) is 41.6 Å². The molecule has 2 fully saturated rings. The number of carbonyl (C=O) groups is 1. The van der Waals surface area contributed by atoms with Crippen LogP contribution >= 0.6 is 23.4 Å². The second kappa shape index (κ2) is 10.6. The van der Waals surface area contributed by atoms with Crippen molar-refractivity contribution < 1.29 is 9.53 Å². The molecule has 2 unspecified atom stereocenters. The van der Waals surface area contributed by atoms with Crippen molar-refractivity contribution in [1.82, 2.24) is 14.9 Å². The van der Waals surface area contributed by atoms with E-state index in [0.717, 1.165) is 58.8 Å². The number of benzene rings is 2. The second-order valence-electron chi connectivity index (χ2n) is 9.14. The number of morpholine rings is 1. The number of ether oxygens (including phenoxy) is 1. The highest BCUT2D eigenvalue weighted by Gasteiger charge is 2.27. The SMILES string of the molecule is CC1CN(c2nc3ccccc3nc2SCC(=O)N2CCN(c3cccc(Cl)c3)CC2)CC(C)O1. The number of anilines is 2. The predicted octanol–water partition coefficient (Wildman–Crippen LogP) is 4.34. The fourth-order valence-electron chi connectivity index (χ4n) is 4.74. The summed E-state index contributed by atoms with van der Waals surface area (Å²) in [5.41, 5.74) is 2.81. The molecule has 2 saturated heterocycles. The van der Waals surface area contributed by atoms with Crippen LogP contribution in [0.5, 0.6) is 0 Å². The van der Waals surface area contributed by atoms with Crippen LogP contribution < -0.4 is 9.80 Å². The number of fused-ring (bicyclic) bond motifs is 1. The molecule has 2 aliphatic rings. The molecule has 7 nitrogen and oxygen atoms in total. The number of amides is 1. The molecule has 0 aliphatic carbocycles. The van der Waals surface area contributed by atoms with Gasteiger partial charge in [-0.15, -0.1) is 0 Å². The Balaban J connectivity index is 1.27. The average molecular weight is 512 g/mol. The van der Waals surface area contributed by atoms with Crippen LogP contribution in [0.1, 0.15) is 13.8 Å². The number of rotatable bonds is 5. The van der Waals surface area contributed by atoms with E-state index < -0.39 is 0 Å². The molecule has 0 radical (unpaired) electrons. The highest BCUT2D eigenvalue weighted by molar-refractivity contribution is 8.00. The lowest BCUT2D eigenvalue weighted by molar-refractivity contribution is -0.128. The Morgan fingerprint density at radius 2 is 1.66 bits per heavy atom. The number of piperazine rings is 1. The Labute approximate surface area is 215 Å². The number of thioether (sulfide) groups is 1. The smallest absolute Gasteiger partial charge is 0.233 e. The van der Waals surface area contributed by atoms with E-state index in [1.54, 1.807) is 0 Å². The fourth-order valence-corrected chi connectivity index (χ4v) is 5.83. The zero-order valence-electron chi connectivity index (χ0n) is 20.1. The lowest BCUT2D eigenvalue weighted by atomic mass is 10.2. The van der Waals surface area contributed by atoms with Crippen molar-refractivity contribution in [3.8, 4) is 0 Å². The van der Waals surface area contributed by atoms with E-state index in [1.807, 2.05) is 47.4 Å². The zero-order valence-corrected chi connectivity index (χ0v) is 21.6. The minimum absolute atomic E-state index is 0.113. The Morgan fingerprint density at radius 1 is 0.971 bits per heavy atom. The standard InChI is InChI=1S/C26H30ClN5O2S/c1-18-15-32(16-19(2)34-18)25-26(29-23-9-4-3-8-22(23)28-25)35-17-24(33)31-12-10-30(11-13-31)21-7-5-6-20(27)14-21/h3-9,14,18-19H,10-13,15-17H2,1-2H3. The molecule has 0 saturated carbocycles. The van der Waals surface area contributed by atoms with Crippen molar-refractivity contribution in [1.29, 1.82) is 0 Å². The van der Waals surface area contributed by atoms with Crippen molar-refractivity contribution in [2.75, 3.05) is 54.8 Å². The van der Waals surface area contributed by atoms with E-state index in [-0.39, 0.29) is 18.1 Å². The fraction of sp³-hybridized carbons (Fsp3) is 0.423. The molecule has 0 spiro atoms. The molecule has 184 valence electrons. The third-order valence-electron chi connectivity index (χ3n) is 6.38. The number of para-hydroxylation sites is 2. The van der Waals surface area contributed by atoms with Crippen LogP contribution in [0, 0.1) is 0 Å². The van der Waals surface area contributed by atoms with Gasteiger partial charge in [0.2, 0.25) is 5.91 Å². The topological polar surface area (TPSA) is 61.8 Å². The minimum atomic E-state index is 0.113. The van der Waals surface area contributed by atoms with Gasteiger partial charge in [0.25, 0.3) is 0 Å². The van der Waals surface area contributed by atoms with Gasteiger partial charge in [-0.05, 0) is 44.2 Å². The molecule has 35 heavy (non-hydrogen) atoms. The first-order valence-electron chi connectivity index (χ1n) is 12.0. The Morgan fingerprint density at radius 3 is 2.34 bits per heavy atom. The minimum Gasteiger partial charge on any atom is -0.372 e. The molecule has 9 heteroatoms. The maximum absolute atomic E-state index is 13.1. The molecule has 1 aromatic heterocycles. The molecule has 3 heterocycles. The summed E-state index contributed by atoms with van der Waals surface area (Å²) in [4.78, 5) is 29.4. The molecule has 2 aromatic carbocycles. The van der Waals surface area contributed by atoms with Gasteiger partial charge in [0.15, 0.2) is 5.82 Å². The molecule has 0 bridgehead atoms. The molecular formula is C26H30ClN5O2S. The normalized spacial score (nSPS) is 20.9. The number of hydrogen-bond acceptors (Lipinski definition) is 7.